The van der Waals surface area contributed by atoms with Crippen molar-refractivity contribution in [3.63, 3.8) is 0 Å². The minimum Gasteiger partial charge on any atom is -0.340 e. The first-order valence-electron chi connectivity index (χ1n) is 9.30. The third-order valence-electron chi connectivity index (χ3n) is 5.39. The number of nitrogens with zero attached hydrogens (tertiary/aromatic N) is 5. The molecule has 2 aliphatic rings. The summed E-state index contributed by atoms with van der Waals surface area (Å²) in [5, 5.41) is 0.106. The van der Waals surface area contributed by atoms with Gasteiger partial charge in [0.2, 0.25) is 5.91 Å². The van der Waals surface area contributed by atoms with E-state index in [1.165, 1.54) is 16.8 Å². The molecule has 26 heavy (non-hydrogen) atoms. The largest absolute Gasteiger partial charge is 0.340 e. The summed E-state index contributed by atoms with van der Waals surface area (Å²) in [4.78, 5) is 20.6. The zero-order chi connectivity index (χ0) is 18.7. The Balaban J connectivity index is 1.53. The Morgan fingerprint density at radius 1 is 1.19 bits per heavy atom. The van der Waals surface area contributed by atoms with Crippen LogP contribution in [0.5, 0.6) is 0 Å². The molecular weight excluding hydrogens is 354 g/mol. The number of rotatable bonds is 5. The normalized spacial score (nSPS) is 23.3. The van der Waals surface area contributed by atoms with Crippen molar-refractivity contribution in [2.24, 2.45) is 13.0 Å². The van der Waals surface area contributed by atoms with E-state index in [0.717, 1.165) is 45.4 Å². The van der Waals surface area contributed by atoms with Crippen LogP contribution in [-0.2, 0) is 21.9 Å². The Bertz CT molecular complexity index is 725. The van der Waals surface area contributed by atoms with Gasteiger partial charge in [0, 0.05) is 58.9 Å². The summed E-state index contributed by atoms with van der Waals surface area (Å²) in [7, 11) is 0.290. The van der Waals surface area contributed by atoms with Crippen molar-refractivity contribution >= 4 is 15.9 Å². The predicted molar refractivity (Wildman–Crippen MR) is 98.0 cm³/mol. The highest BCUT2D eigenvalue weighted by Crippen LogP contribution is 2.26. The summed E-state index contributed by atoms with van der Waals surface area (Å²) < 4.78 is 28.6. The third-order valence-corrected chi connectivity index (χ3v) is 7.14. The maximum Gasteiger partial charge on any atom is 0.262 e. The molecule has 0 saturated carbocycles. The molecule has 8 nitrogen and oxygen atoms in total. The van der Waals surface area contributed by atoms with Crippen LogP contribution in [0.4, 0.5) is 0 Å². The van der Waals surface area contributed by atoms with Crippen molar-refractivity contribution in [2.45, 2.75) is 30.7 Å². The fourth-order valence-electron chi connectivity index (χ4n) is 3.68. The molecule has 0 unspecified atom stereocenters. The number of aromatic nitrogens is 2. The van der Waals surface area contributed by atoms with Gasteiger partial charge >= 0.3 is 0 Å². The van der Waals surface area contributed by atoms with Crippen molar-refractivity contribution in [2.75, 3.05) is 46.3 Å². The van der Waals surface area contributed by atoms with Gasteiger partial charge in [-0.1, -0.05) is 0 Å². The minimum absolute atomic E-state index is 0.106. The Morgan fingerprint density at radius 3 is 2.58 bits per heavy atom. The summed E-state index contributed by atoms with van der Waals surface area (Å²) >= 11 is 0. The van der Waals surface area contributed by atoms with Crippen LogP contribution in [0.3, 0.4) is 0 Å². The van der Waals surface area contributed by atoms with Crippen LogP contribution in [0, 0.1) is 5.92 Å². The van der Waals surface area contributed by atoms with Crippen LogP contribution in [0.2, 0.25) is 0 Å². The lowest BCUT2D eigenvalue weighted by molar-refractivity contribution is -0.133. The number of imidazole rings is 1. The fraction of sp³-hybridized carbons (Fsp3) is 0.765. The molecule has 2 aliphatic heterocycles. The van der Waals surface area contributed by atoms with Crippen molar-refractivity contribution in [3.8, 4) is 0 Å². The molecule has 1 aromatic rings. The van der Waals surface area contributed by atoms with E-state index in [2.05, 4.69) is 16.9 Å². The SMILES string of the molecule is CN1CCN(C(=O)CC[C@@H]2CCCN(S(=O)(=O)c3cn(C)cn3)C2)CC1. The van der Waals surface area contributed by atoms with Crippen LogP contribution in [0.1, 0.15) is 25.7 Å². The van der Waals surface area contributed by atoms with E-state index in [1.54, 1.807) is 11.6 Å². The molecule has 146 valence electrons. The average molecular weight is 384 g/mol. The lowest BCUT2D eigenvalue weighted by Gasteiger charge is -2.34. The van der Waals surface area contributed by atoms with Crippen molar-refractivity contribution < 1.29 is 13.2 Å². The summed E-state index contributed by atoms with van der Waals surface area (Å²) in [6.45, 7) is 4.44. The maximum atomic E-state index is 12.7. The van der Waals surface area contributed by atoms with Crippen molar-refractivity contribution in [1.82, 2.24) is 23.7 Å². The molecule has 1 atom stereocenters. The van der Waals surface area contributed by atoms with Crippen molar-refractivity contribution in [3.05, 3.63) is 12.5 Å². The quantitative estimate of drug-likeness (QED) is 0.734. The molecule has 3 rings (SSSR count). The van der Waals surface area contributed by atoms with Gasteiger partial charge in [0.25, 0.3) is 10.0 Å². The maximum absolute atomic E-state index is 12.7. The minimum atomic E-state index is -3.54. The molecule has 9 heteroatoms. The van der Waals surface area contributed by atoms with Crippen molar-refractivity contribution in [1.29, 1.82) is 0 Å². The van der Waals surface area contributed by atoms with E-state index in [1.807, 2.05) is 4.90 Å². The van der Waals surface area contributed by atoms with Gasteiger partial charge in [-0.15, -0.1) is 0 Å². The fourth-order valence-corrected chi connectivity index (χ4v) is 5.20. The van der Waals surface area contributed by atoms with Gasteiger partial charge in [0.1, 0.15) is 0 Å². The number of piperazine rings is 1. The zero-order valence-electron chi connectivity index (χ0n) is 15.7. The number of hydrogen-bond donors (Lipinski definition) is 0. The third kappa shape index (κ3) is 4.44. The molecule has 0 spiro atoms. The van der Waals surface area contributed by atoms with Crippen LogP contribution in [0.25, 0.3) is 0 Å². The van der Waals surface area contributed by atoms with Gasteiger partial charge in [0.15, 0.2) is 5.03 Å². The number of carbonyl (C=O) groups is 1. The number of hydrogen-bond acceptors (Lipinski definition) is 5. The Labute approximate surface area is 155 Å². The van der Waals surface area contributed by atoms with Gasteiger partial charge in [-0.2, -0.15) is 4.31 Å². The van der Waals surface area contributed by atoms with Gasteiger partial charge < -0.3 is 14.4 Å². The number of piperidine rings is 1. The van der Waals surface area contributed by atoms with Gasteiger partial charge in [-0.3, -0.25) is 4.79 Å². The van der Waals surface area contributed by atoms with E-state index in [0.29, 0.717) is 19.5 Å². The highest BCUT2D eigenvalue weighted by atomic mass is 32.2. The van der Waals surface area contributed by atoms with Crippen LogP contribution >= 0.6 is 0 Å². The highest BCUT2D eigenvalue weighted by Gasteiger charge is 2.32. The summed E-state index contributed by atoms with van der Waals surface area (Å²) in [5.41, 5.74) is 0. The number of amides is 1. The Morgan fingerprint density at radius 2 is 1.92 bits per heavy atom. The Kier molecular flexibility index (Phi) is 5.99. The number of likely N-dealkylation sites (N-methyl/N-ethyl adjacent to an activating group) is 1. The summed E-state index contributed by atoms with van der Waals surface area (Å²) in [6.07, 6.45) is 6.10. The monoisotopic (exact) mass is 383 g/mol. The van der Waals surface area contributed by atoms with E-state index in [4.69, 9.17) is 0 Å². The summed E-state index contributed by atoms with van der Waals surface area (Å²) in [5.74, 6) is 0.432. The van der Waals surface area contributed by atoms with E-state index < -0.39 is 10.0 Å². The molecular formula is C17H29N5O3S. The van der Waals surface area contributed by atoms with Crippen LogP contribution in [0.15, 0.2) is 17.6 Å². The predicted octanol–water partition coefficient (Wildman–Crippen LogP) is 0.375. The van der Waals surface area contributed by atoms with E-state index in [-0.39, 0.29) is 16.9 Å². The summed E-state index contributed by atoms with van der Waals surface area (Å²) in [6, 6.07) is 0. The lowest BCUT2D eigenvalue weighted by Crippen LogP contribution is -2.47. The standard InChI is InChI=1S/C17H29N5O3S/c1-19-8-10-21(11-9-19)17(23)6-5-15-4-3-7-22(12-15)26(24,25)16-13-20(2)14-18-16/h13-15H,3-12H2,1-2H3/t15-/m0/s1. The lowest BCUT2D eigenvalue weighted by atomic mass is 9.94. The molecule has 2 fully saturated rings. The second-order valence-corrected chi connectivity index (χ2v) is 9.36. The molecule has 0 aromatic carbocycles. The van der Waals surface area contributed by atoms with E-state index in [9.17, 15) is 13.2 Å². The van der Waals surface area contributed by atoms with Gasteiger partial charge in [-0.05, 0) is 32.2 Å². The smallest absolute Gasteiger partial charge is 0.262 e. The molecule has 1 aromatic heterocycles. The second kappa shape index (κ2) is 8.06. The van der Waals surface area contributed by atoms with Crippen LogP contribution < -0.4 is 0 Å². The number of sulfonamides is 1. The number of aryl methyl sites for hydroxylation is 1. The molecule has 0 radical (unpaired) electrons. The van der Waals surface area contributed by atoms with Gasteiger partial charge in [0.05, 0.1) is 6.33 Å². The molecule has 0 bridgehead atoms. The first-order valence-corrected chi connectivity index (χ1v) is 10.7. The van der Waals surface area contributed by atoms with Crippen LogP contribution in [-0.4, -0.2) is 84.3 Å². The number of carbonyl (C=O) groups excluding carboxylic acids is 1. The second-order valence-electron chi connectivity index (χ2n) is 7.47. The topological polar surface area (TPSA) is 78.8 Å². The molecule has 0 N–H and O–H groups in total. The van der Waals surface area contributed by atoms with E-state index >= 15 is 0 Å². The molecule has 2 saturated heterocycles. The zero-order valence-corrected chi connectivity index (χ0v) is 16.5. The average Bonchev–Trinajstić information content (AvgIpc) is 3.08. The first kappa shape index (κ1) is 19.3. The molecule has 1 amide bonds. The first-order chi connectivity index (χ1) is 12.4. The highest BCUT2D eigenvalue weighted by molar-refractivity contribution is 7.89. The van der Waals surface area contributed by atoms with Gasteiger partial charge in [-0.25, -0.2) is 13.4 Å². The Hall–Kier alpha value is -1.45. The molecule has 0 aliphatic carbocycles. The molecule has 3 heterocycles.